The van der Waals surface area contributed by atoms with Crippen LogP contribution in [0.15, 0.2) is 46.9 Å². The van der Waals surface area contributed by atoms with Gasteiger partial charge in [-0.3, -0.25) is 0 Å². The van der Waals surface area contributed by atoms with Crippen LogP contribution in [0.2, 0.25) is 0 Å². The van der Waals surface area contributed by atoms with Crippen molar-refractivity contribution in [2.24, 2.45) is 0 Å². The number of halogens is 2. The van der Waals surface area contributed by atoms with Gasteiger partial charge in [0.2, 0.25) is 0 Å². The molecule has 0 aliphatic rings. The lowest BCUT2D eigenvalue weighted by Crippen LogP contribution is -2.03. The number of methoxy groups -OCH3 is 1. The molecule has 18 heavy (non-hydrogen) atoms. The molecule has 0 aromatic heterocycles. The fourth-order valence-electron chi connectivity index (χ4n) is 1.72. The first-order valence-electron chi connectivity index (χ1n) is 5.39. The van der Waals surface area contributed by atoms with Gasteiger partial charge in [-0.2, -0.15) is 0 Å². The van der Waals surface area contributed by atoms with Gasteiger partial charge in [-0.15, -0.1) is 0 Å². The van der Waals surface area contributed by atoms with Gasteiger partial charge < -0.3 is 9.84 Å². The van der Waals surface area contributed by atoms with Gasteiger partial charge in [0.25, 0.3) is 0 Å². The van der Waals surface area contributed by atoms with Crippen LogP contribution in [-0.4, -0.2) is 12.2 Å². The zero-order valence-electron chi connectivity index (χ0n) is 9.73. The maximum atomic E-state index is 13.6. The zero-order chi connectivity index (χ0) is 13.1. The predicted octanol–water partition coefficient (Wildman–Crippen LogP) is 3.68. The average Bonchev–Trinajstić information content (AvgIpc) is 2.38. The Morgan fingerprint density at radius 1 is 1.17 bits per heavy atom. The molecule has 1 atom stereocenters. The zero-order valence-corrected chi connectivity index (χ0v) is 11.3. The lowest BCUT2D eigenvalue weighted by atomic mass is 10.0. The van der Waals surface area contributed by atoms with E-state index in [0.29, 0.717) is 15.8 Å². The molecule has 2 rings (SSSR count). The van der Waals surface area contributed by atoms with Crippen LogP contribution in [0.25, 0.3) is 0 Å². The normalized spacial score (nSPS) is 12.2. The van der Waals surface area contributed by atoms with Crippen LogP contribution in [0.1, 0.15) is 17.2 Å². The fraction of sp³-hybridized carbons (Fsp3) is 0.143. The fourth-order valence-corrected chi connectivity index (χ4v) is 2.30. The molecular weight excluding hydrogens is 299 g/mol. The number of aliphatic hydroxyl groups excluding tert-OH is 1. The van der Waals surface area contributed by atoms with Gasteiger partial charge >= 0.3 is 0 Å². The lowest BCUT2D eigenvalue weighted by Gasteiger charge is -2.14. The van der Waals surface area contributed by atoms with Crippen molar-refractivity contribution in [3.63, 3.8) is 0 Å². The summed E-state index contributed by atoms with van der Waals surface area (Å²) < 4.78 is 19.4. The first kappa shape index (κ1) is 13.1. The third-order valence-electron chi connectivity index (χ3n) is 2.70. The molecule has 4 heteroatoms. The van der Waals surface area contributed by atoms with Crippen LogP contribution < -0.4 is 4.74 Å². The molecule has 0 amide bonds. The van der Waals surface area contributed by atoms with Crippen molar-refractivity contribution in [2.45, 2.75) is 6.10 Å². The molecule has 0 radical (unpaired) electrons. The van der Waals surface area contributed by atoms with E-state index in [0.717, 1.165) is 0 Å². The van der Waals surface area contributed by atoms with E-state index in [-0.39, 0.29) is 5.56 Å². The highest BCUT2D eigenvalue weighted by Gasteiger charge is 2.17. The number of ether oxygens (including phenoxy) is 1. The second-order valence-electron chi connectivity index (χ2n) is 3.81. The van der Waals surface area contributed by atoms with E-state index >= 15 is 0 Å². The maximum Gasteiger partial charge on any atom is 0.129 e. The number of hydrogen-bond donors (Lipinski definition) is 1. The molecule has 94 valence electrons. The monoisotopic (exact) mass is 310 g/mol. The molecule has 1 N–H and O–H groups in total. The molecule has 0 bridgehead atoms. The van der Waals surface area contributed by atoms with E-state index in [1.54, 1.807) is 43.5 Å². The van der Waals surface area contributed by atoms with Gasteiger partial charge in [-0.25, -0.2) is 4.39 Å². The lowest BCUT2D eigenvalue weighted by molar-refractivity contribution is 0.214. The van der Waals surface area contributed by atoms with Gasteiger partial charge in [0.1, 0.15) is 17.7 Å². The Balaban J connectivity index is 2.40. The number of benzene rings is 2. The molecule has 0 spiro atoms. The summed E-state index contributed by atoms with van der Waals surface area (Å²) in [5, 5.41) is 10.2. The highest BCUT2D eigenvalue weighted by atomic mass is 79.9. The van der Waals surface area contributed by atoms with Crippen molar-refractivity contribution >= 4 is 15.9 Å². The van der Waals surface area contributed by atoms with Gasteiger partial charge in [0, 0.05) is 10.0 Å². The Morgan fingerprint density at radius 3 is 2.50 bits per heavy atom. The molecule has 2 nitrogen and oxygen atoms in total. The Morgan fingerprint density at radius 2 is 1.89 bits per heavy atom. The molecule has 0 saturated carbocycles. The van der Waals surface area contributed by atoms with Gasteiger partial charge in [-0.1, -0.05) is 40.2 Å². The van der Waals surface area contributed by atoms with Gasteiger partial charge in [0.05, 0.1) is 7.11 Å². The minimum absolute atomic E-state index is 0.253. The highest BCUT2D eigenvalue weighted by Crippen LogP contribution is 2.32. The number of hydrogen-bond acceptors (Lipinski definition) is 2. The smallest absolute Gasteiger partial charge is 0.129 e. The third kappa shape index (κ3) is 2.54. The van der Waals surface area contributed by atoms with E-state index < -0.39 is 11.9 Å². The standard InChI is InChI=1S/C14H12BrFO2/c1-18-9-6-7-10(12(15)8-9)14(17)11-4-2-3-5-13(11)16/h2-8,14,17H,1H3. The second kappa shape index (κ2) is 5.50. The summed E-state index contributed by atoms with van der Waals surface area (Å²) in [5.74, 6) is 0.249. The Hall–Kier alpha value is -1.39. The molecule has 1 unspecified atom stereocenters. The predicted molar refractivity (Wildman–Crippen MR) is 71.2 cm³/mol. The first-order chi connectivity index (χ1) is 8.63. The summed E-state index contributed by atoms with van der Waals surface area (Å²) in [5.41, 5.74) is 0.851. The molecule has 0 saturated heterocycles. The van der Waals surface area contributed by atoms with E-state index in [1.807, 2.05) is 0 Å². The largest absolute Gasteiger partial charge is 0.497 e. The first-order valence-corrected chi connectivity index (χ1v) is 6.18. The average molecular weight is 311 g/mol. The molecule has 0 heterocycles. The minimum Gasteiger partial charge on any atom is -0.497 e. The maximum absolute atomic E-state index is 13.6. The van der Waals surface area contributed by atoms with Crippen molar-refractivity contribution in [2.75, 3.05) is 7.11 Å². The molecule has 0 fully saturated rings. The summed E-state index contributed by atoms with van der Waals surface area (Å²) in [6.45, 7) is 0. The highest BCUT2D eigenvalue weighted by molar-refractivity contribution is 9.10. The number of rotatable bonds is 3. The van der Waals surface area contributed by atoms with E-state index in [2.05, 4.69) is 15.9 Å². The topological polar surface area (TPSA) is 29.5 Å². The van der Waals surface area contributed by atoms with E-state index in [9.17, 15) is 9.50 Å². The van der Waals surface area contributed by atoms with Crippen molar-refractivity contribution in [3.8, 4) is 5.75 Å². The summed E-state index contributed by atoms with van der Waals surface area (Å²) >= 11 is 3.35. The molecule has 0 aliphatic carbocycles. The Kier molecular flexibility index (Phi) is 3.99. The van der Waals surface area contributed by atoms with Crippen LogP contribution in [0.3, 0.4) is 0 Å². The van der Waals surface area contributed by atoms with Gasteiger partial charge in [0.15, 0.2) is 0 Å². The Bertz CT molecular complexity index is 557. The van der Waals surface area contributed by atoms with Crippen LogP contribution in [0.4, 0.5) is 4.39 Å². The van der Waals surface area contributed by atoms with E-state index in [4.69, 9.17) is 4.74 Å². The summed E-state index contributed by atoms with van der Waals surface area (Å²) in [4.78, 5) is 0. The second-order valence-corrected chi connectivity index (χ2v) is 4.67. The quantitative estimate of drug-likeness (QED) is 0.937. The summed E-state index contributed by atoms with van der Waals surface area (Å²) in [7, 11) is 1.56. The Labute approximate surface area is 113 Å². The number of aliphatic hydroxyl groups is 1. The van der Waals surface area contributed by atoms with Crippen LogP contribution in [0.5, 0.6) is 5.75 Å². The van der Waals surface area contributed by atoms with Crippen LogP contribution in [0, 0.1) is 5.82 Å². The van der Waals surface area contributed by atoms with Crippen molar-refractivity contribution in [3.05, 3.63) is 63.9 Å². The molecule has 2 aromatic carbocycles. The molecule has 2 aromatic rings. The minimum atomic E-state index is -1.01. The van der Waals surface area contributed by atoms with Crippen molar-refractivity contribution in [1.82, 2.24) is 0 Å². The van der Waals surface area contributed by atoms with Crippen LogP contribution in [-0.2, 0) is 0 Å². The molecule has 0 aliphatic heterocycles. The van der Waals surface area contributed by atoms with Crippen molar-refractivity contribution in [1.29, 1.82) is 0 Å². The SMILES string of the molecule is COc1ccc(C(O)c2ccccc2F)c(Br)c1. The summed E-state index contributed by atoms with van der Waals surface area (Å²) in [6, 6.07) is 11.4. The molecular formula is C14H12BrFO2. The third-order valence-corrected chi connectivity index (χ3v) is 3.39. The summed E-state index contributed by atoms with van der Waals surface area (Å²) in [6.07, 6.45) is -1.01. The van der Waals surface area contributed by atoms with Crippen molar-refractivity contribution < 1.29 is 14.2 Å². The van der Waals surface area contributed by atoms with Gasteiger partial charge in [-0.05, 0) is 23.8 Å². The van der Waals surface area contributed by atoms with Crippen LogP contribution >= 0.6 is 15.9 Å². The van der Waals surface area contributed by atoms with E-state index in [1.165, 1.54) is 6.07 Å².